The van der Waals surface area contributed by atoms with Crippen LogP contribution in [-0.2, 0) is 10.5 Å². The molecule has 4 heteroatoms. The first kappa shape index (κ1) is 16.1. The van der Waals surface area contributed by atoms with E-state index in [2.05, 4.69) is 30.4 Å². The zero-order chi connectivity index (χ0) is 14.3. The Morgan fingerprint density at radius 2 is 2.16 bits per heavy atom. The maximum Gasteiger partial charge on any atom is 0.230 e. The van der Waals surface area contributed by atoms with Gasteiger partial charge < -0.3 is 10.4 Å². The minimum atomic E-state index is -0.146. The van der Waals surface area contributed by atoms with Gasteiger partial charge in [0.25, 0.3) is 0 Å². The Morgan fingerprint density at radius 3 is 2.74 bits per heavy atom. The number of hydrogen-bond acceptors (Lipinski definition) is 3. The number of aryl methyl sites for hydroxylation is 1. The van der Waals surface area contributed by atoms with Crippen LogP contribution in [0.5, 0.6) is 0 Å². The molecule has 0 saturated carbocycles. The molecule has 1 atom stereocenters. The molecule has 0 bridgehead atoms. The van der Waals surface area contributed by atoms with Crippen LogP contribution < -0.4 is 5.32 Å². The Kier molecular flexibility index (Phi) is 6.95. The van der Waals surface area contributed by atoms with Gasteiger partial charge >= 0.3 is 0 Å². The molecule has 0 saturated heterocycles. The first-order valence-corrected chi connectivity index (χ1v) is 7.72. The summed E-state index contributed by atoms with van der Waals surface area (Å²) >= 11 is 1.59. The Balaban J connectivity index is 2.31. The summed E-state index contributed by atoms with van der Waals surface area (Å²) < 4.78 is 0. The van der Waals surface area contributed by atoms with Crippen LogP contribution in [0, 0.1) is 12.8 Å². The van der Waals surface area contributed by atoms with E-state index in [9.17, 15) is 4.79 Å². The minimum Gasteiger partial charge on any atom is -0.394 e. The number of rotatable bonds is 7. The molecule has 1 amide bonds. The third kappa shape index (κ3) is 6.12. The van der Waals surface area contributed by atoms with Crippen LogP contribution in [0.25, 0.3) is 0 Å². The zero-order valence-corrected chi connectivity index (χ0v) is 12.7. The van der Waals surface area contributed by atoms with Crippen LogP contribution in [0.4, 0.5) is 0 Å². The standard InChI is InChI=1S/C15H23NO2S/c1-11(2)14(8-17)16-15(18)10-19-9-13-6-4-5-12(3)7-13/h4-7,11,14,17H,8-10H2,1-3H3,(H,16,18). The van der Waals surface area contributed by atoms with Crippen molar-refractivity contribution in [2.45, 2.75) is 32.6 Å². The first-order valence-electron chi connectivity index (χ1n) is 6.56. The third-order valence-corrected chi connectivity index (χ3v) is 3.94. The van der Waals surface area contributed by atoms with Gasteiger partial charge in [-0.05, 0) is 18.4 Å². The molecule has 1 aromatic rings. The largest absolute Gasteiger partial charge is 0.394 e. The van der Waals surface area contributed by atoms with Crippen molar-refractivity contribution in [1.82, 2.24) is 5.32 Å². The predicted molar refractivity (Wildman–Crippen MR) is 81.2 cm³/mol. The lowest BCUT2D eigenvalue weighted by atomic mass is 10.1. The Labute approximate surface area is 119 Å². The van der Waals surface area contributed by atoms with Crippen LogP contribution >= 0.6 is 11.8 Å². The summed E-state index contributed by atoms with van der Waals surface area (Å²) in [4.78, 5) is 11.7. The second kappa shape index (κ2) is 8.23. The smallest absolute Gasteiger partial charge is 0.230 e. The molecule has 0 aliphatic rings. The molecule has 0 heterocycles. The molecule has 0 radical (unpaired) electrons. The van der Waals surface area contributed by atoms with Gasteiger partial charge in [0.05, 0.1) is 18.4 Å². The van der Waals surface area contributed by atoms with Crippen molar-refractivity contribution in [1.29, 1.82) is 0 Å². The molecule has 0 fully saturated rings. The summed E-state index contributed by atoms with van der Waals surface area (Å²) in [5.74, 6) is 1.50. The predicted octanol–water partition coefficient (Wildman–Crippen LogP) is 2.36. The van der Waals surface area contributed by atoms with Crippen LogP contribution in [-0.4, -0.2) is 29.4 Å². The molecule has 0 aromatic heterocycles. The average molecular weight is 281 g/mol. The van der Waals surface area contributed by atoms with Gasteiger partial charge in [-0.2, -0.15) is 0 Å². The zero-order valence-electron chi connectivity index (χ0n) is 11.8. The highest BCUT2D eigenvalue weighted by Crippen LogP contribution is 2.13. The molecule has 106 valence electrons. The highest BCUT2D eigenvalue weighted by molar-refractivity contribution is 7.99. The Hall–Kier alpha value is -1.00. The number of nitrogens with one attached hydrogen (secondary N) is 1. The summed E-state index contributed by atoms with van der Waals surface area (Å²) in [6.45, 7) is 6.03. The molecule has 3 nitrogen and oxygen atoms in total. The van der Waals surface area contributed by atoms with Crippen molar-refractivity contribution in [2.75, 3.05) is 12.4 Å². The van der Waals surface area contributed by atoms with E-state index < -0.39 is 0 Å². The van der Waals surface area contributed by atoms with E-state index in [1.165, 1.54) is 11.1 Å². The van der Waals surface area contributed by atoms with Crippen molar-refractivity contribution in [3.05, 3.63) is 35.4 Å². The minimum absolute atomic E-state index is 0.00798. The van der Waals surface area contributed by atoms with Gasteiger partial charge in [-0.15, -0.1) is 11.8 Å². The number of hydrogen-bond donors (Lipinski definition) is 2. The van der Waals surface area contributed by atoms with E-state index in [1.54, 1.807) is 11.8 Å². The number of amides is 1. The van der Waals surface area contributed by atoms with Crippen molar-refractivity contribution in [3.8, 4) is 0 Å². The summed E-state index contributed by atoms with van der Waals surface area (Å²) in [6, 6.07) is 8.16. The number of benzene rings is 1. The maximum atomic E-state index is 11.7. The Morgan fingerprint density at radius 1 is 1.42 bits per heavy atom. The maximum absolute atomic E-state index is 11.7. The van der Waals surface area contributed by atoms with E-state index in [0.29, 0.717) is 5.75 Å². The van der Waals surface area contributed by atoms with E-state index >= 15 is 0 Å². The average Bonchev–Trinajstić information content (AvgIpc) is 2.35. The first-order chi connectivity index (χ1) is 9.02. The molecule has 1 rings (SSSR count). The lowest BCUT2D eigenvalue weighted by Gasteiger charge is -2.19. The summed E-state index contributed by atoms with van der Waals surface area (Å²) in [6.07, 6.45) is 0. The quantitative estimate of drug-likeness (QED) is 0.806. The van der Waals surface area contributed by atoms with Crippen molar-refractivity contribution in [3.63, 3.8) is 0 Å². The van der Waals surface area contributed by atoms with E-state index in [0.717, 1.165) is 5.75 Å². The number of carbonyl (C=O) groups excluding carboxylic acids is 1. The summed E-state index contributed by atoms with van der Waals surface area (Å²) in [5.41, 5.74) is 2.48. The fraction of sp³-hybridized carbons (Fsp3) is 0.533. The van der Waals surface area contributed by atoms with E-state index in [4.69, 9.17) is 5.11 Å². The molecule has 0 aliphatic carbocycles. The van der Waals surface area contributed by atoms with Gasteiger partial charge in [-0.25, -0.2) is 0 Å². The van der Waals surface area contributed by atoms with Crippen LogP contribution in [0.1, 0.15) is 25.0 Å². The number of aliphatic hydroxyl groups is 1. The van der Waals surface area contributed by atoms with E-state index in [-0.39, 0.29) is 24.5 Å². The van der Waals surface area contributed by atoms with Crippen molar-refractivity contribution >= 4 is 17.7 Å². The SMILES string of the molecule is Cc1cccc(CSCC(=O)NC(CO)C(C)C)c1. The number of aliphatic hydroxyl groups excluding tert-OH is 1. The van der Waals surface area contributed by atoms with Crippen molar-refractivity contribution in [2.24, 2.45) is 5.92 Å². The lowest BCUT2D eigenvalue weighted by Crippen LogP contribution is -2.42. The van der Waals surface area contributed by atoms with Crippen LogP contribution in [0.15, 0.2) is 24.3 Å². The fourth-order valence-electron chi connectivity index (χ4n) is 1.74. The summed E-state index contributed by atoms with van der Waals surface area (Å²) in [5, 5.41) is 12.0. The number of thioether (sulfide) groups is 1. The van der Waals surface area contributed by atoms with E-state index in [1.807, 2.05) is 19.9 Å². The highest BCUT2D eigenvalue weighted by Gasteiger charge is 2.14. The van der Waals surface area contributed by atoms with Crippen LogP contribution in [0.2, 0.25) is 0 Å². The second-order valence-electron chi connectivity index (χ2n) is 5.08. The molecule has 1 aromatic carbocycles. The Bertz CT molecular complexity index is 407. The number of carbonyl (C=O) groups is 1. The summed E-state index contributed by atoms with van der Waals surface area (Å²) in [7, 11) is 0. The molecule has 1 unspecified atom stereocenters. The lowest BCUT2D eigenvalue weighted by molar-refractivity contribution is -0.119. The monoisotopic (exact) mass is 281 g/mol. The van der Waals surface area contributed by atoms with Gasteiger partial charge in [0.2, 0.25) is 5.91 Å². The molecule has 0 aliphatic heterocycles. The fourth-order valence-corrected chi connectivity index (χ4v) is 2.52. The second-order valence-corrected chi connectivity index (χ2v) is 6.07. The molecular weight excluding hydrogens is 258 g/mol. The van der Waals surface area contributed by atoms with Gasteiger partial charge in [0.1, 0.15) is 0 Å². The van der Waals surface area contributed by atoms with Crippen LogP contribution in [0.3, 0.4) is 0 Å². The molecular formula is C15H23NO2S. The third-order valence-electron chi connectivity index (χ3n) is 2.93. The normalized spacial score (nSPS) is 12.5. The van der Waals surface area contributed by atoms with Gasteiger partial charge in [-0.1, -0.05) is 43.7 Å². The molecule has 2 N–H and O–H groups in total. The molecule has 19 heavy (non-hydrogen) atoms. The highest BCUT2D eigenvalue weighted by atomic mass is 32.2. The van der Waals surface area contributed by atoms with Gasteiger partial charge in [0.15, 0.2) is 0 Å². The van der Waals surface area contributed by atoms with Gasteiger partial charge in [-0.3, -0.25) is 4.79 Å². The topological polar surface area (TPSA) is 49.3 Å². The van der Waals surface area contributed by atoms with Crippen molar-refractivity contribution < 1.29 is 9.90 Å². The van der Waals surface area contributed by atoms with Gasteiger partial charge in [0, 0.05) is 5.75 Å². The molecule has 0 spiro atoms.